The topological polar surface area (TPSA) is 51.6 Å². The van der Waals surface area contributed by atoms with Crippen molar-refractivity contribution < 1.29 is 14.6 Å². The molecule has 2 heterocycles. The van der Waals surface area contributed by atoms with Crippen LogP contribution in [0, 0.1) is 0 Å². The number of pyridine rings is 1. The molecule has 1 aromatic heterocycles. The fourth-order valence-corrected chi connectivity index (χ4v) is 2.58. The smallest absolute Gasteiger partial charge is 0.161 e. The van der Waals surface area contributed by atoms with Gasteiger partial charge in [0.2, 0.25) is 0 Å². The molecule has 0 unspecified atom stereocenters. The number of aromatic nitrogens is 1. The molecule has 114 valence electrons. The summed E-state index contributed by atoms with van der Waals surface area (Å²) in [5.74, 6) is 1.74. The van der Waals surface area contributed by atoms with E-state index < -0.39 is 0 Å². The first kappa shape index (κ1) is 13.6. The highest BCUT2D eigenvalue weighted by Crippen LogP contribution is 2.31. The van der Waals surface area contributed by atoms with Gasteiger partial charge in [-0.15, -0.1) is 0 Å². The largest absolute Gasteiger partial charge is 0.506 e. The predicted molar refractivity (Wildman–Crippen MR) is 89.8 cm³/mol. The van der Waals surface area contributed by atoms with Crippen molar-refractivity contribution in [3.05, 3.63) is 59.8 Å². The summed E-state index contributed by atoms with van der Waals surface area (Å²) in [6.45, 7) is 1.17. The summed E-state index contributed by atoms with van der Waals surface area (Å²) in [6, 6.07) is 15.1. The van der Waals surface area contributed by atoms with E-state index in [-0.39, 0.29) is 5.75 Å². The minimum absolute atomic E-state index is 0.192. The van der Waals surface area contributed by atoms with E-state index in [1.165, 1.54) is 0 Å². The SMILES string of the molecule is Oc1cccc2ccc(C=Cc3ccc4c(c3)OCCO4)nc12. The molecular weight excluding hydrogens is 290 g/mol. The van der Waals surface area contributed by atoms with Crippen molar-refractivity contribution in [2.45, 2.75) is 0 Å². The molecule has 2 aromatic carbocycles. The summed E-state index contributed by atoms with van der Waals surface area (Å²) in [4.78, 5) is 4.48. The van der Waals surface area contributed by atoms with Crippen LogP contribution in [0.4, 0.5) is 0 Å². The highest BCUT2D eigenvalue weighted by molar-refractivity contribution is 5.85. The van der Waals surface area contributed by atoms with Gasteiger partial charge in [-0.05, 0) is 35.9 Å². The maximum absolute atomic E-state index is 9.90. The number of phenols is 1. The van der Waals surface area contributed by atoms with Crippen molar-refractivity contribution >= 4 is 23.1 Å². The summed E-state index contributed by atoms with van der Waals surface area (Å²) in [5.41, 5.74) is 2.40. The van der Waals surface area contributed by atoms with E-state index in [4.69, 9.17) is 9.47 Å². The summed E-state index contributed by atoms with van der Waals surface area (Å²) in [7, 11) is 0. The first-order valence-corrected chi connectivity index (χ1v) is 7.46. The Morgan fingerprint density at radius 1 is 0.913 bits per heavy atom. The van der Waals surface area contributed by atoms with Crippen LogP contribution in [0.2, 0.25) is 0 Å². The fraction of sp³-hybridized carbons (Fsp3) is 0.105. The van der Waals surface area contributed by atoms with Crippen LogP contribution in [-0.2, 0) is 0 Å². The van der Waals surface area contributed by atoms with Gasteiger partial charge in [-0.25, -0.2) is 4.98 Å². The Balaban J connectivity index is 1.64. The average molecular weight is 305 g/mol. The minimum Gasteiger partial charge on any atom is -0.506 e. The molecule has 4 heteroatoms. The molecule has 0 aliphatic carbocycles. The molecule has 0 atom stereocenters. The lowest BCUT2D eigenvalue weighted by Gasteiger charge is -2.18. The molecule has 3 aromatic rings. The number of rotatable bonds is 2. The molecule has 0 fully saturated rings. The summed E-state index contributed by atoms with van der Waals surface area (Å²) >= 11 is 0. The fourth-order valence-electron chi connectivity index (χ4n) is 2.58. The molecule has 4 rings (SSSR count). The van der Waals surface area contributed by atoms with Crippen LogP contribution in [-0.4, -0.2) is 23.3 Å². The van der Waals surface area contributed by atoms with Crippen LogP contribution in [0.3, 0.4) is 0 Å². The van der Waals surface area contributed by atoms with Gasteiger partial charge in [0.1, 0.15) is 24.5 Å². The van der Waals surface area contributed by atoms with Crippen molar-refractivity contribution in [3.8, 4) is 17.2 Å². The zero-order valence-electron chi connectivity index (χ0n) is 12.4. The first-order chi connectivity index (χ1) is 11.3. The second kappa shape index (κ2) is 5.65. The zero-order valence-corrected chi connectivity index (χ0v) is 12.4. The van der Waals surface area contributed by atoms with Crippen molar-refractivity contribution in [1.29, 1.82) is 0 Å². The van der Waals surface area contributed by atoms with Gasteiger partial charge in [-0.3, -0.25) is 0 Å². The number of hydrogen-bond donors (Lipinski definition) is 1. The van der Waals surface area contributed by atoms with Crippen molar-refractivity contribution in [1.82, 2.24) is 4.98 Å². The summed E-state index contributed by atoms with van der Waals surface area (Å²) < 4.78 is 11.1. The van der Waals surface area contributed by atoms with Gasteiger partial charge in [-0.1, -0.05) is 30.3 Å². The molecule has 0 spiro atoms. The maximum atomic E-state index is 9.90. The molecule has 0 amide bonds. The molecule has 4 nitrogen and oxygen atoms in total. The third kappa shape index (κ3) is 2.71. The number of aromatic hydroxyl groups is 1. The van der Waals surface area contributed by atoms with Crippen LogP contribution in [0.5, 0.6) is 17.2 Å². The number of phenolic OH excluding ortho intramolecular Hbond substituents is 1. The van der Waals surface area contributed by atoms with Crippen LogP contribution >= 0.6 is 0 Å². The average Bonchev–Trinajstić information content (AvgIpc) is 2.60. The van der Waals surface area contributed by atoms with E-state index >= 15 is 0 Å². The normalized spacial score (nSPS) is 13.6. The van der Waals surface area contributed by atoms with Crippen LogP contribution < -0.4 is 9.47 Å². The maximum Gasteiger partial charge on any atom is 0.161 e. The third-order valence-corrected chi connectivity index (χ3v) is 3.73. The Bertz CT molecular complexity index is 902. The molecule has 1 aliphatic heterocycles. The number of benzene rings is 2. The molecular formula is C19H15NO3. The molecule has 0 saturated heterocycles. The van der Waals surface area contributed by atoms with Gasteiger partial charge in [-0.2, -0.15) is 0 Å². The highest BCUT2D eigenvalue weighted by atomic mass is 16.6. The number of fused-ring (bicyclic) bond motifs is 2. The monoisotopic (exact) mass is 305 g/mol. The van der Waals surface area contributed by atoms with E-state index in [0.29, 0.717) is 18.7 Å². The van der Waals surface area contributed by atoms with Gasteiger partial charge in [0, 0.05) is 5.39 Å². The Hall–Kier alpha value is -3.01. The first-order valence-electron chi connectivity index (χ1n) is 7.46. The van der Waals surface area contributed by atoms with Crippen molar-refractivity contribution in [3.63, 3.8) is 0 Å². The van der Waals surface area contributed by atoms with Crippen LogP contribution in [0.25, 0.3) is 23.1 Å². The molecule has 1 aliphatic rings. The minimum atomic E-state index is 0.192. The number of hydrogen-bond acceptors (Lipinski definition) is 4. The van der Waals surface area contributed by atoms with Crippen molar-refractivity contribution in [2.75, 3.05) is 13.2 Å². The molecule has 1 N–H and O–H groups in total. The van der Waals surface area contributed by atoms with Crippen LogP contribution in [0.15, 0.2) is 48.5 Å². The summed E-state index contributed by atoms with van der Waals surface area (Å²) in [5, 5.41) is 10.8. The highest BCUT2D eigenvalue weighted by Gasteiger charge is 2.10. The Kier molecular flexibility index (Phi) is 3.35. The van der Waals surface area contributed by atoms with Crippen LogP contribution in [0.1, 0.15) is 11.3 Å². The van der Waals surface area contributed by atoms with E-state index in [2.05, 4.69) is 4.98 Å². The Labute approximate surface area is 133 Å². The Morgan fingerprint density at radius 3 is 2.70 bits per heavy atom. The second-order valence-corrected chi connectivity index (χ2v) is 5.32. The van der Waals surface area contributed by atoms with Gasteiger partial charge in [0.25, 0.3) is 0 Å². The Morgan fingerprint density at radius 2 is 1.78 bits per heavy atom. The number of ether oxygens (including phenoxy) is 2. The molecule has 0 bridgehead atoms. The van der Waals surface area contributed by atoms with Gasteiger partial charge in [0.05, 0.1) is 5.69 Å². The van der Waals surface area contributed by atoms with E-state index in [0.717, 1.165) is 28.1 Å². The quantitative estimate of drug-likeness (QED) is 0.780. The lowest BCUT2D eigenvalue weighted by Crippen LogP contribution is -2.15. The third-order valence-electron chi connectivity index (χ3n) is 3.73. The van der Waals surface area contributed by atoms with E-state index in [9.17, 15) is 5.11 Å². The lowest BCUT2D eigenvalue weighted by molar-refractivity contribution is 0.171. The zero-order chi connectivity index (χ0) is 15.6. The van der Waals surface area contributed by atoms with Gasteiger partial charge < -0.3 is 14.6 Å². The summed E-state index contributed by atoms with van der Waals surface area (Å²) in [6.07, 6.45) is 3.88. The van der Waals surface area contributed by atoms with Gasteiger partial charge >= 0.3 is 0 Å². The van der Waals surface area contributed by atoms with E-state index in [1.54, 1.807) is 6.07 Å². The standard InChI is InChI=1S/C19H15NO3/c21-16-3-1-2-14-6-8-15(20-19(14)16)7-4-13-5-9-17-18(12-13)23-11-10-22-17/h1-9,12,21H,10-11H2. The molecule has 0 radical (unpaired) electrons. The second-order valence-electron chi connectivity index (χ2n) is 5.32. The molecule has 0 saturated carbocycles. The lowest BCUT2D eigenvalue weighted by atomic mass is 10.1. The predicted octanol–water partition coefficient (Wildman–Crippen LogP) is 3.88. The van der Waals surface area contributed by atoms with Gasteiger partial charge in [0.15, 0.2) is 11.5 Å². The van der Waals surface area contributed by atoms with E-state index in [1.807, 2.05) is 54.6 Å². The van der Waals surface area contributed by atoms with Crippen molar-refractivity contribution in [2.24, 2.45) is 0 Å². The molecule has 23 heavy (non-hydrogen) atoms. The number of nitrogens with zero attached hydrogens (tertiary/aromatic N) is 1. The number of para-hydroxylation sites is 1.